The number of hydrogen-bond acceptors (Lipinski definition) is 5. The van der Waals surface area contributed by atoms with Crippen molar-refractivity contribution in [3.8, 4) is 0 Å². The summed E-state index contributed by atoms with van der Waals surface area (Å²) < 4.78 is 4.93. The number of nitrogens with zero attached hydrogens (tertiary/aromatic N) is 4. The maximum Gasteiger partial charge on any atom is 0.409 e. The molecule has 1 aliphatic rings. The Bertz CT molecular complexity index is 444. The van der Waals surface area contributed by atoms with Crippen LogP contribution in [0.3, 0.4) is 0 Å². The molecule has 0 unspecified atom stereocenters. The molecule has 7 heteroatoms. The van der Waals surface area contributed by atoms with Crippen molar-refractivity contribution in [2.75, 3.05) is 32.8 Å². The lowest BCUT2D eigenvalue weighted by Gasteiger charge is -2.33. The van der Waals surface area contributed by atoms with Gasteiger partial charge in [0.1, 0.15) is 6.33 Å². The van der Waals surface area contributed by atoms with Crippen molar-refractivity contribution in [1.29, 1.82) is 0 Å². The van der Waals surface area contributed by atoms with Crippen molar-refractivity contribution in [1.82, 2.24) is 19.8 Å². The summed E-state index contributed by atoms with van der Waals surface area (Å²) in [5.74, 6) is -0.107. The van der Waals surface area contributed by atoms with Crippen LogP contribution in [0.2, 0.25) is 0 Å². The van der Waals surface area contributed by atoms with E-state index in [1.165, 1.54) is 18.7 Å². The van der Waals surface area contributed by atoms with E-state index in [4.69, 9.17) is 4.74 Å². The molecule has 19 heavy (non-hydrogen) atoms. The molecule has 0 radical (unpaired) electrons. The Morgan fingerprint density at radius 1 is 1.16 bits per heavy atom. The lowest BCUT2D eigenvalue weighted by atomic mass is 10.2. The third-order valence-electron chi connectivity index (χ3n) is 2.90. The Kier molecular flexibility index (Phi) is 4.27. The molecule has 2 heterocycles. The minimum Gasteiger partial charge on any atom is -0.450 e. The lowest BCUT2D eigenvalue weighted by molar-refractivity contribution is 0.0570. The molecular formula is C12H16N4O3. The molecule has 0 saturated carbocycles. The Hall–Kier alpha value is -2.18. The second-order valence-corrected chi connectivity index (χ2v) is 4.11. The van der Waals surface area contributed by atoms with E-state index in [-0.39, 0.29) is 12.0 Å². The number of aromatic nitrogens is 2. The number of rotatable bonds is 2. The minimum atomic E-state index is -0.322. The molecule has 0 aromatic carbocycles. The first-order chi connectivity index (χ1) is 9.22. The van der Waals surface area contributed by atoms with Gasteiger partial charge in [-0.15, -0.1) is 0 Å². The highest BCUT2D eigenvalue weighted by Crippen LogP contribution is 2.08. The summed E-state index contributed by atoms with van der Waals surface area (Å²) in [5, 5.41) is 0. The number of carbonyl (C=O) groups excluding carboxylic acids is 2. The first-order valence-electron chi connectivity index (χ1n) is 6.18. The highest BCUT2D eigenvalue weighted by atomic mass is 16.6. The molecule has 102 valence electrons. The van der Waals surface area contributed by atoms with Gasteiger partial charge in [0.2, 0.25) is 0 Å². The number of carbonyl (C=O) groups is 2. The SMILES string of the molecule is CCOC(=O)N1CCN(C(=O)c2cncnc2)CC1. The summed E-state index contributed by atoms with van der Waals surface area (Å²) in [6.07, 6.45) is 4.05. The predicted octanol–water partition coefficient (Wildman–Crippen LogP) is 0.391. The molecule has 1 saturated heterocycles. The average Bonchev–Trinajstić information content (AvgIpc) is 2.48. The van der Waals surface area contributed by atoms with Gasteiger partial charge < -0.3 is 14.5 Å². The van der Waals surface area contributed by atoms with E-state index in [2.05, 4.69) is 9.97 Å². The molecule has 0 spiro atoms. The van der Waals surface area contributed by atoms with Crippen LogP contribution in [0.4, 0.5) is 4.79 Å². The van der Waals surface area contributed by atoms with Gasteiger partial charge in [-0.25, -0.2) is 14.8 Å². The average molecular weight is 264 g/mol. The molecule has 2 rings (SSSR count). The van der Waals surface area contributed by atoms with Gasteiger partial charge in [-0.2, -0.15) is 0 Å². The van der Waals surface area contributed by atoms with Crippen LogP contribution in [-0.4, -0.2) is 64.6 Å². The van der Waals surface area contributed by atoms with Crippen LogP contribution in [0.1, 0.15) is 17.3 Å². The molecule has 1 aromatic rings. The number of piperazine rings is 1. The molecule has 7 nitrogen and oxygen atoms in total. The van der Waals surface area contributed by atoms with Gasteiger partial charge >= 0.3 is 6.09 Å². The second kappa shape index (κ2) is 6.12. The topological polar surface area (TPSA) is 75.6 Å². The first-order valence-corrected chi connectivity index (χ1v) is 6.18. The van der Waals surface area contributed by atoms with E-state index >= 15 is 0 Å². The van der Waals surface area contributed by atoms with Gasteiger partial charge in [-0.3, -0.25) is 4.79 Å². The van der Waals surface area contributed by atoms with Gasteiger partial charge in [0.15, 0.2) is 0 Å². The fourth-order valence-corrected chi connectivity index (χ4v) is 1.90. The predicted molar refractivity (Wildman–Crippen MR) is 66.5 cm³/mol. The molecule has 1 aromatic heterocycles. The van der Waals surface area contributed by atoms with E-state index < -0.39 is 0 Å². The summed E-state index contributed by atoms with van der Waals surface area (Å²) >= 11 is 0. The first kappa shape index (κ1) is 13.3. The Morgan fingerprint density at radius 3 is 2.32 bits per heavy atom. The van der Waals surface area contributed by atoms with Crippen molar-refractivity contribution < 1.29 is 14.3 Å². The fourth-order valence-electron chi connectivity index (χ4n) is 1.90. The number of hydrogen-bond donors (Lipinski definition) is 0. The zero-order valence-corrected chi connectivity index (χ0v) is 10.8. The molecule has 1 fully saturated rings. The van der Waals surface area contributed by atoms with Crippen LogP contribution in [0.15, 0.2) is 18.7 Å². The van der Waals surface area contributed by atoms with Gasteiger partial charge in [-0.1, -0.05) is 0 Å². The zero-order valence-electron chi connectivity index (χ0n) is 10.8. The smallest absolute Gasteiger partial charge is 0.409 e. The monoisotopic (exact) mass is 264 g/mol. The number of ether oxygens (including phenoxy) is 1. The largest absolute Gasteiger partial charge is 0.450 e. The van der Waals surface area contributed by atoms with Crippen LogP contribution >= 0.6 is 0 Å². The van der Waals surface area contributed by atoms with Crippen molar-refractivity contribution in [3.05, 3.63) is 24.3 Å². The maximum atomic E-state index is 12.1. The molecular weight excluding hydrogens is 248 g/mol. The molecule has 0 N–H and O–H groups in total. The summed E-state index contributed by atoms with van der Waals surface area (Å²) in [4.78, 5) is 34.6. The highest BCUT2D eigenvalue weighted by Gasteiger charge is 2.25. The number of amides is 2. The highest BCUT2D eigenvalue weighted by molar-refractivity contribution is 5.93. The van der Waals surface area contributed by atoms with E-state index in [0.717, 1.165) is 0 Å². The summed E-state index contributed by atoms with van der Waals surface area (Å²) in [5.41, 5.74) is 0.465. The third kappa shape index (κ3) is 3.18. The zero-order chi connectivity index (χ0) is 13.7. The van der Waals surface area contributed by atoms with Crippen LogP contribution in [0.5, 0.6) is 0 Å². The van der Waals surface area contributed by atoms with Gasteiger partial charge in [0, 0.05) is 38.6 Å². The second-order valence-electron chi connectivity index (χ2n) is 4.11. The van der Waals surface area contributed by atoms with Gasteiger partial charge in [0.25, 0.3) is 5.91 Å². The van der Waals surface area contributed by atoms with Gasteiger partial charge in [-0.05, 0) is 6.92 Å². The van der Waals surface area contributed by atoms with Crippen LogP contribution in [0.25, 0.3) is 0 Å². The summed E-state index contributed by atoms with van der Waals surface area (Å²) in [6.45, 7) is 4.09. The summed E-state index contributed by atoms with van der Waals surface area (Å²) in [6, 6.07) is 0. The quantitative estimate of drug-likeness (QED) is 0.772. The Labute approximate surface area is 111 Å². The molecule has 0 bridgehead atoms. The van der Waals surface area contributed by atoms with Crippen LogP contribution < -0.4 is 0 Å². The summed E-state index contributed by atoms with van der Waals surface area (Å²) in [7, 11) is 0. The molecule has 1 aliphatic heterocycles. The molecule has 2 amide bonds. The van der Waals surface area contributed by atoms with Crippen molar-refractivity contribution >= 4 is 12.0 Å². The van der Waals surface area contributed by atoms with Gasteiger partial charge in [0.05, 0.1) is 12.2 Å². The van der Waals surface area contributed by atoms with Crippen LogP contribution in [-0.2, 0) is 4.74 Å². The maximum absolute atomic E-state index is 12.1. The van der Waals surface area contributed by atoms with Crippen molar-refractivity contribution in [3.63, 3.8) is 0 Å². The van der Waals surface area contributed by atoms with Crippen LogP contribution in [0, 0.1) is 0 Å². The minimum absolute atomic E-state index is 0.107. The van der Waals surface area contributed by atoms with E-state index in [0.29, 0.717) is 38.3 Å². The van der Waals surface area contributed by atoms with Crippen molar-refractivity contribution in [2.45, 2.75) is 6.92 Å². The standard InChI is InChI=1S/C12H16N4O3/c1-2-19-12(18)16-5-3-15(4-6-16)11(17)10-7-13-9-14-8-10/h7-9H,2-6H2,1H3. The van der Waals surface area contributed by atoms with E-state index in [1.807, 2.05) is 0 Å². The Morgan fingerprint density at radius 2 is 1.74 bits per heavy atom. The van der Waals surface area contributed by atoms with E-state index in [9.17, 15) is 9.59 Å². The molecule has 0 atom stereocenters. The fraction of sp³-hybridized carbons (Fsp3) is 0.500. The normalized spacial score (nSPS) is 15.2. The van der Waals surface area contributed by atoms with E-state index in [1.54, 1.807) is 16.7 Å². The molecule has 0 aliphatic carbocycles. The lowest BCUT2D eigenvalue weighted by Crippen LogP contribution is -2.50. The van der Waals surface area contributed by atoms with Crippen molar-refractivity contribution in [2.24, 2.45) is 0 Å². The Balaban J connectivity index is 1.90. The third-order valence-corrected chi connectivity index (χ3v) is 2.90.